The molecule has 2 rings (SSSR count). The lowest BCUT2D eigenvalue weighted by Gasteiger charge is -2.12. The summed E-state index contributed by atoms with van der Waals surface area (Å²) in [5.41, 5.74) is 1.72. The van der Waals surface area contributed by atoms with E-state index in [4.69, 9.17) is 4.74 Å². The smallest absolute Gasteiger partial charge is 0.331 e. The summed E-state index contributed by atoms with van der Waals surface area (Å²) in [6.45, 7) is 3.31. The number of hydrogen-bond donors (Lipinski definition) is 1. The van der Waals surface area contributed by atoms with Gasteiger partial charge < -0.3 is 10.1 Å². The maximum absolute atomic E-state index is 13.5. The fourth-order valence-corrected chi connectivity index (χ4v) is 1.93. The number of anilines is 1. The van der Waals surface area contributed by atoms with E-state index in [0.29, 0.717) is 6.07 Å². The Kier molecular flexibility index (Phi) is 6.00. The van der Waals surface area contributed by atoms with Gasteiger partial charge in [0.05, 0.1) is 5.69 Å². The summed E-state index contributed by atoms with van der Waals surface area (Å²) in [4.78, 5) is 23.7. The predicted octanol–water partition coefficient (Wildman–Crippen LogP) is 3.86. The van der Waals surface area contributed by atoms with Crippen molar-refractivity contribution < 1.29 is 23.1 Å². The molecule has 4 nitrogen and oxygen atoms in total. The van der Waals surface area contributed by atoms with Gasteiger partial charge in [0, 0.05) is 12.1 Å². The zero-order chi connectivity index (χ0) is 18.4. The minimum absolute atomic E-state index is 0.190. The van der Waals surface area contributed by atoms with E-state index in [0.717, 1.165) is 23.3 Å². The molecule has 0 aliphatic rings. The Labute approximate surface area is 144 Å². The summed E-state index contributed by atoms with van der Waals surface area (Å²) in [5, 5.41) is 2.24. The molecule has 0 fully saturated rings. The predicted molar refractivity (Wildman–Crippen MR) is 90.8 cm³/mol. The van der Waals surface area contributed by atoms with Gasteiger partial charge in [0.2, 0.25) is 0 Å². The van der Waals surface area contributed by atoms with E-state index in [1.807, 2.05) is 31.2 Å². The average molecular weight is 345 g/mol. The molecule has 0 radical (unpaired) electrons. The number of carbonyl (C=O) groups is 2. The normalized spacial score (nSPS) is 12.0. The van der Waals surface area contributed by atoms with Crippen molar-refractivity contribution in [2.45, 2.75) is 20.0 Å². The number of nitrogens with one attached hydrogen (secondary N) is 1. The van der Waals surface area contributed by atoms with Crippen molar-refractivity contribution >= 4 is 23.6 Å². The highest BCUT2D eigenvalue weighted by Crippen LogP contribution is 2.15. The summed E-state index contributed by atoms with van der Waals surface area (Å²) in [6.07, 6.45) is 1.62. The van der Waals surface area contributed by atoms with Crippen LogP contribution in [0.4, 0.5) is 14.5 Å². The quantitative estimate of drug-likeness (QED) is 0.661. The monoisotopic (exact) mass is 345 g/mol. The number of hydrogen-bond acceptors (Lipinski definition) is 3. The molecule has 0 bridgehead atoms. The molecule has 0 unspecified atom stereocenters. The maximum Gasteiger partial charge on any atom is 0.331 e. The fourth-order valence-electron chi connectivity index (χ4n) is 1.93. The van der Waals surface area contributed by atoms with E-state index in [9.17, 15) is 18.4 Å². The molecule has 0 saturated carbocycles. The van der Waals surface area contributed by atoms with Gasteiger partial charge in [0.25, 0.3) is 5.91 Å². The van der Waals surface area contributed by atoms with Crippen LogP contribution in [0.1, 0.15) is 18.1 Å². The Morgan fingerprint density at radius 2 is 1.80 bits per heavy atom. The van der Waals surface area contributed by atoms with Gasteiger partial charge in [0.1, 0.15) is 11.6 Å². The van der Waals surface area contributed by atoms with Crippen LogP contribution in [-0.4, -0.2) is 18.0 Å². The van der Waals surface area contributed by atoms with Gasteiger partial charge in [-0.1, -0.05) is 29.8 Å². The van der Waals surface area contributed by atoms with Crippen molar-refractivity contribution in [1.29, 1.82) is 0 Å². The summed E-state index contributed by atoms with van der Waals surface area (Å²) < 4.78 is 31.3. The lowest BCUT2D eigenvalue weighted by atomic mass is 10.1. The van der Waals surface area contributed by atoms with Crippen LogP contribution in [-0.2, 0) is 14.3 Å². The van der Waals surface area contributed by atoms with Crippen LogP contribution in [0.5, 0.6) is 0 Å². The zero-order valence-corrected chi connectivity index (χ0v) is 13.8. The molecule has 0 heterocycles. The number of ether oxygens (including phenoxy) is 1. The van der Waals surface area contributed by atoms with Crippen molar-refractivity contribution in [3.63, 3.8) is 0 Å². The average Bonchev–Trinajstić information content (AvgIpc) is 2.56. The molecular weight excluding hydrogens is 328 g/mol. The third kappa shape index (κ3) is 5.53. The molecule has 6 heteroatoms. The molecule has 2 aromatic carbocycles. The van der Waals surface area contributed by atoms with E-state index in [2.05, 4.69) is 5.32 Å². The largest absolute Gasteiger partial charge is 0.449 e. The van der Waals surface area contributed by atoms with Gasteiger partial charge in [-0.05, 0) is 37.6 Å². The van der Waals surface area contributed by atoms with Crippen LogP contribution in [0, 0.1) is 18.6 Å². The van der Waals surface area contributed by atoms with Crippen molar-refractivity contribution in [3.05, 3.63) is 71.3 Å². The van der Waals surface area contributed by atoms with Crippen molar-refractivity contribution in [3.8, 4) is 0 Å². The molecule has 0 saturated heterocycles. The number of carbonyl (C=O) groups excluding carboxylic acids is 2. The van der Waals surface area contributed by atoms with E-state index < -0.39 is 29.6 Å². The topological polar surface area (TPSA) is 55.4 Å². The molecule has 25 heavy (non-hydrogen) atoms. The highest BCUT2D eigenvalue weighted by molar-refractivity contribution is 5.96. The molecule has 0 aliphatic carbocycles. The molecular formula is C19H17F2NO3. The molecule has 2 aromatic rings. The minimum Gasteiger partial charge on any atom is -0.449 e. The first-order valence-electron chi connectivity index (χ1n) is 7.56. The molecule has 1 atom stereocenters. The minimum atomic E-state index is -1.14. The second-order valence-corrected chi connectivity index (χ2v) is 5.44. The van der Waals surface area contributed by atoms with Gasteiger partial charge in [-0.25, -0.2) is 13.6 Å². The Hall–Kier alpha value is -3.02. The van der Waals surface area contributed by atoms with Crippen LogP contribution in [0.25, 0.3) is 6.08 Å². The second-order valence-electron chi connectivity index (χ2n) is 5.44. The van der Waals surface area contributed by atoms with Gasteiger partial charge in [-0.2, -0.15) is 0 Å². The number of halogens is 2. The number of benzene rings is 2. The Bertz CT molecular complexity index is 801. The van der Waals surface area contributed by atoms with E-state index in [1.54, 1.807) is 6.08 Å². The van der Waals surface area contributed by atoms with E-state index in [1.165, 1.54) is 13.0 Å². The van der Waals surface area contributed by atoms with Crippen molar-refractivity contribution in [1.82, 2.24) is 0 Å². The van der Waals surface area contributed by atoms with Crippen LogP contribution < -0.4 is 5.32 Å². The lowest BCUT2D eigenvalue weighted by molar-refractivity contribution is -0.148. The highest BCUT2D eigenvalue weighted by atomic mass is 19.1. The molecule has 1 N–H and O–H groups in total. The Balaban J connectivity index is 1.91. The Morgan fingerprint density at radius 1 is 1.12 bits per heavy atom. The van der Waals surface area contributed by atoms with E-state index >= 15 is 0 Å². The third-order valence-corrected chi connectivity index (χ3v) is 3.34. The van der Waals surface area contributed by atoms with Crippen LogP contribution in [0.15, 0.2) is 48.5 Å². The molecule has 0 spiro atoms. The second kappa shape index (κ2) is 8.19. The fraction of sp³-hybridized carbons (Fsp3) is 0.158. The van der Waals surface area contributed by atoms with Gasteiger partial charge in [0.15, 0.2) is 6.10 Å². The summed E-state index contributed by atoms with van der Waals surface area (Å²) >= 11 is 0. The summed E-state index contributed by atoms with van der Waals surface area (Å²) in [7, 11) is 0. The number of amides is 1. The first kappa shape index (κ1) is 18.3. The molecule has 0 aliphatic heterocycles. The van der Waals surface area contributed by atoms with Crippen molar-refractivity contribution in [2.75, 3.05) is 5.32 Å². The molecule has 130 valence electrons. The third-order valence-electron chi connectivity index (χ3n) is 3.34. The maximum atomic E-state index is 13.5. The number of esters is 1. The molecule has 1 amide bonds. The molecule has 0 aromatic heterocycles. The first-order chi connectivity index (χ1) is 11.8. The van der Waals surface area contributed by atoms with Gasteiger partial charge in [-0.15, -0.1) is 0 Å². The summed E-state index contributed by atoms with van der Waals surface area (Å²) in [6, 6.07) is 10.2. The van der Waals surface area contributed by atoms with Gasteiger partial charge >= 0.3 is 5.97 Å². The standard InChI is InChI=1S/C19H17F2NO3/c1-12-3-5-14(6-4-12)7-10-18(23)25-13(2)19(24)22-17-9-8-15(20)11-16(17)21/h3-11,13H,1-2H3,(H,22,24)/b10-7+/t13-/m0/s1. The lowest BCUT2D eigenvalue weighted by Crippen LogP contribution is -2.29. The number of rotatable bonds is 5. The van der Waals surface area contributed by atoms with Crippen LogP contribution >= 0.6 is 0 Å². The van der Waals surface area contributed by atoms with Gasteiger partial charge in [-0.3, -0.25) is 4.79 Å². The SMILES string of the molecule is Cc1ccc(/C=C/C(=O)O[C@@H](C)C(=O)Nc2ccc(F)cc2F)cc1. The zero-order valence-electron chi connectivity index (χ0n) is 13.8. The van der Waals surface area contributed by atoms with Crippen LogP contribution in [0.3, 0.4) is 0 Å². The van der Waals surface area contributed by atoms with Crippen LogP contribution in [0.2, 0.25) is 0 Å². The number of aryl methyl sites for hydroxylation is 1. The first-order valence-corrected chi connectivity index (χ1v) is 7.56. The van der Waals surface area contributed by atoms with Crippen molar-refractivity contribution in [2.24, 2.45) is 0 Å². The Morgan fingerprint density at radius 3 is 2.44 bits per heavy atom. The van der Waals surface area contributed by atoms with E-state index in [-0.39, 0.29) is 5.69 Å². The highest BCUT2D eigenvalue weighted by Gasteiger charge is 2.18. The summed E-state index contributed by atoms with van der Waals surface area (Å²) in [5.74, 6) is -3.09.